The molecule has 4 heteroatoms. The van der Waals surface area contributed by atoms with Crippen molar-refractivity contribution in [2.45, 2.75) is 25.7 Å². The molecular weight excluding hydrogens is 354 g/mol. The molecule has 20 heavy (non-hydrogen) atoms. The number of benzene rings is 1. The number of hydrogen-bond acceptors (Lipinski definition) is 2. The van der Waals surface area contributed by atoms with E-state index < -0.39 is 0 Å². The average molecular weight is 373 g/mol. The normalized spacial score (nSPS) is 12.6. The van der Waals surface area contributed by atoms with Gasteiger partial charge >= 0.3 is 0 Å². The van der Waals surface area contributed by atoms with Crippen molar-refractivity contribution in [2.75, 3.05) is 13.1 Å². The molecule has 2 rings (SSSR count). The van der Waals surface area contributed by atoms with Gasteiger partial charge in [0, 0.05) is 32.2 Å². The summed E-state index contributed by atoms with van der Waals surface area (Å²) in [5.74, 6) is 0.464. The molecule has 1 unspecified atom stereocenters. The van der Waals surface area contributed by atoms with Crippen molar-refractivity contribution in [1.82, 2.24) is 5.32 Å². The second-order valence-corrected chi connectivity index (χ2v) is 7.24. The summed E-state index contributed by atoms with van der Waals surface area (Å²) in [6, 6.07) is 10.4. The highest BCUT2D eigenvalue weighted by atomic mass is 79.9. The Morgan fingerprint density at radius 3 is 2.85 bits per heavy atom. The molecule has 0 radical (unpaired) electrons. The summed E-state index contributed by atoms with van der Waals surface area (Å²) in [6.07, 6.45) is 2.21. The molecule has 0 aliphatic heterocycles. The van der Waals surface area contributed by atoms with E-state index in [0.29, 0.717) is 5.92 Å². The Morgan fingerprint density at radius 2 is 2.20 bits per heavy atom. The Kier molecular flexibility index (Phi) is 6.56. The van der Waals surface area contributed by atoms with Gasteiger partial charge in [-0.2, -0.15) is 0 Å². The van der Waals surface area contributed by atoms with Gasteiger partial charge in [-0.1, -0.05) is 30.7 Å². The third kappa shape index (κ3) is 4.88. The van der Waals surface area contributed by atoms with Crippen molar-refractivity contribution in [3.8, 4) is 0 Å². The highest BCUT2D eigenvalue weighted by Crippen LogP contribution is 2.27. The number of rotatable bonds is 7. The summed E-state index contributed by atoms with van der Waals surface area (Å²) in [4.78, 5) is 1.40. The molecule has 0 amide bonds. The predicted octanol–water partition coefficient (Wildman–Crippen LogP) is 5.49. The first-order chi connectivity index (χ1) is 9.69. The van der Waals surface area contributed by atoms with Crippen LogP contribution in [0.2, 0.25) is 5.02 Å². The minimum Gasteiger partial charge on any atom is -0.316 e. The molecule has 0 aliphatic rings. The molecule has 1 aromatic heterocycles. The van der Waals surface area contributed by atoms with E-state index in [4.69, 9.17) is 11.6 Å². The van der Waals surface area contributed by atoms with Gasteiger partial charge < -0.3 is 5.32 Å². The second kappa shape index (κ2) is 8.18. The van der Waals surface area contributed by atoms with E-state index in [-0.39, 0.29) is 0 Å². The van der Waals surface area contributed by atoms with Gasteiger partial charge in [0.2, 0.25) is 0 Å². The van der Waals surface area contributed by atoms with Crippen LogP contribution in [0.4, 0.5) is 0 Å². The van der Waals surface area contributed by atoms with Gasteiger partial charge in [-0.15, -0.1) is 11.3 Å². The molecule has 0 aliphatic carbocycles. The quantitative estimate of drug-likeness (QED) is 0.634. The van der Waals surface area contributed by atoms with Gasteiger partial charge in [-0.25, -0.2) is 0 Å². The van der Waals surface area contributed by atoms with Crippen molar-refractivity contribution in [2.24, 2.45) is 0 Å². The van der Waals surface area contributed by atoms with Crippen LogP contribution in [0, 0.1) is 0 Å². The molecule has 1 atom stereocenters. The maximum atomic E-state index is 6.13. The zero-order valence-corrected chi connectivity index (χ0v) is 14.7. The van der Waals surface area contributed by atoms with Crippen molar-refractivity contribution in [3.05, 3.63) is 55.6 Å². The third-order valence-electron chi connectivity index (χ3n) is 3.21. The molecule has 108 valence electrons. The van der Waals surface area contributed by atoms with Gasteiger partial charge in [0.25, 0.3) is 0 Å². The van der Waals surface area contributed by atoms with Crippen molar-refractivity contribution >= 4 is 38.9 Å². The lowest BCUT2D eigenvalue weighted by atomic mass is 9.95. The van der Waals surface area contributed by atoms with Crippen LogP contribution in [0.5, 0.6) is 0 Å². The summed E-state index contributed by atoms with van der Waals surface area (Å²) in [6.45, 7) is 4.24. The Bertz CT molecular complexity index is 541. The molecule has 0 spiro atoms. The monoisotopic (exact) mass is 371 g/mol. The minimum absolute atomic E-state index is 0.464. The highest BCUT2D eigenvalue weighted by Gasteiger charge is 2.13. The number of halogens is 2. The van der Waals surface area contributed by atoms with Crippen LogP contribution in [-0.4, -0.2) is 13.1 Å². The number of thiophene rings is 1. The molecule has 2 aromatic rings. The van der Waals surface area contributed by atoms with Crippen LogP contribution in [0.3, 0.4) is 0 Å². The van der Waals surface area contributed by atoms with E-state index in [0.717, 1.165) is 31.0 Å². The first-order valence-electron chi connectivity index (χ1n) is 6.88. The topological polar surface area (TPSA) is 12.0 Å². The minimum atomic E-state index is 0.464. The Labute approximate surface area is 138 Å². The van der Waals surface area contributed by atoms with Crippen LogP contribution in [0.15, 0.2) is 40.2 Å². The summed E-state index contributed by atoms with van der Waals surface area (Å²) in [5.41, 5.74) is 1.31. The lowest BCUT2D eigenvalue weighted by Crippen LogP contribution is -2.23. The van der Waals surface area contributed by atoms with Crippen LogP contribution in [-0.2, 0) is 6.42 Å². The standard InChI is InChI=1S/C16H19BrClNS/c1-2-6-19-10-13(8-16-9-14(17)11-20-16)12-4-3-5-15(18)7-12/h3-5,7,9,11,13,19H,2,6,8,10H2,1H3. The van der Waals surface area contributed by atoms with Crippen LogP contribution < -0.4 is 5.32 Å². The first kappa shape index (κ1) is 16.0. The molecule has 0 saturated carbocycles. The third-order valence-corrected chi connectivity index (χ3v) is 5.16. The van der Waals surface area contributed by atoms with E-state index in [1.54, 1.807) is 0 Å². The first-order valence-corrected chi connectivity index (χ1v) is 8.93. The molecule has 0 saturated heterocycles. The fourth-order valence-electron chi connectivity index (χ4n) is 2.23. The molecular formula is C16H19BrClNS. The molecule has 0 fully saturated rings. The number of hydrogen-bond donors (Lipinski definition) is 1. The zero-order chi connectivity index (χ0) is 14.4. The van der Waals surface area contributed by atoms with Gasteiger partial charge in [0.1, 0.15) is 0 Å². The van der Waals surface area contributed by atoms with Gasteiger partial charge in [0.15, 0.2) is 0 Å². The smallest absolute Gasteiger partial charge is 0.0408 e. The Morgan fingerprint density at radius 1 is 1.35 bits per heavy atom. The Hall–Kier alpha value is -0.350. The lowest BCUT2D eigenvalue weighted by molar-refractivity contribution is 0.579. The van der Waals surface area contributed by atoms with E-state index >= 15 is 0 Å². The highest BCUT2D eigenvalue weighted by molar-refractivity contribution is 9.10. The molecule has 1 N–H and O–H groups in total. The predicted molar refractivity (Wildman–Crippen MR) is 93.1 cm³/mol. The van der Waals surface area contributed by atoms with Crippen molar-refractivity contribution in [1.29, 1.82) is 0 Å². The summed E-state index contributed by atoms with van der Waals surface area (Å²) >= 11 is 11.5. The molecule has 1 aromatic carbocycles. The Balaban J connectivity index is 2.11. The van der Waals surface area contributed by atoms with E-state index in [1.807, 2.05) is 23.5 Å². The van der Waals surface area contributed by atoms with E-state index in [9.17, 15) is 0 Å². The fraction of sp³-hybridized carbons (Fsp3) is 0.375. The van der Waals surface area contributed by atoms with Crippen LogP contribution >= 0.6 is 38.9 Å². The molecule has 0 bridgehead atoms. The maximum Gasteiger partial charge on any atom is 0.0408 e. The fourth-order valence-corrected chi connectivity index (χ4v) is 3.96. The summed E-state index contributed by atoms with van der Waals surface area (Å²) < 4.78 is 1.17. The van der Waals surface area contributed by atoms with Gasteiger partial charge in [0.05, 0.1) is 0 Å². The zero-order valence-electron chi connectivity index (χ0n) is 11.5. The van der Waals surface area contributed by atoms with E-state index in [1.165, 1.54) is 14.9 Å². The SMILES string of the molecule is CCCNCC(Cc1cc(Br)cs1)c1cccc(Cl)c1. The molecule has 1 nitrogen and oxygen atoms in total. The summed E-state index contributed by atoms with van der Waals surface area (Å²) in [7, 11) is 0. The van der Waals surface area contributed by atoms with Crippen molar-refractivity contribution in [3.63, 3.8) is 0 Å². The second-order valence-electron chi connectivity index (χ2n) is 4.89. The number of nitrogens with one attached hydrogen (secondary N) is 1. The van der Waals surface area contributed by atoms with Crippen LogP contribution in [0.1, 0.15) is 29.7 Å². The van der Waals surface area contributed by atoms with Crippen molar-refractivity contribution < 1.29 is 0 Å². The van der Waals surface area contributed by atoms with Crippen LogP contribution in [0.25, 0.3) is 0 Å². The maximum absolute atomic E-state index is 6.13. The van der Waals surface area contributed by atoms with Gasteiger partial charge in [-0.3, -0.25) is 0 Å². The van der Waals surface area contributed by atoms with Gasteiger partial charge in [-0.05, 0) is 59.1 Å². The molecule has 1 heterocycles. The largest absolute Gasteiger partial charge is 0.316 e. The lowest BCUT2D eigenvalue weighted by Gasteiger charge is -2.17. The average Bonchev–Trinajstić information content (AvgIpc) is 2.83. The summed E-state index contributed by atoms with van der Waals surface area (Å²) in [5, 5.41) is 6.49. The van der Waals surface area contributed by atoms with E-state index in [2.05, 4.69) is 51.7 Å².